The van der Waals surface area contributed by atoms with E-state index in [1.807, 2.05) is 97.1 Å². The van der Waals surface area contributed by atoms with E-state index in [-0.39, 0.29) is 21.7 Å². The Morgan fingerprint density at radius 3 is 0.514 bits per heavy atom. The van der Waals surface area contributed by atoms with Crippen LogP contribution in [0.25, 0.3) is 0 Å². The fourth-order valence-corrected chi connectivity index (χ4v) is 9.95. The first-order chi connectivity index (χ1) is 50.5. The largest absolute Gasteiger partial charge is 4.00 e. The van der Waals surface area contributed by atoms with Gasteiger partial charge in [-0.3, -0.25) is 0 Å². The van der Waals surface area contributed by atoms with Crippen LogP contribution in [-0.4, -0.2) is 104 Å². The van der Waals surface area contributed by atoms with Gasteiger partial charge in [-0.2, -0.15) is 0 Å². The van der Waals surface area contributed by atoms with Gasteiger partial charge in [0.25, 0.3) is 0 Å². The monoisotopic (exact) mass is 1520 g/mol. The summed E-state index contributed by atoms with van der Waals surface area (Å²) in [6.45, 7) is 38.9. The van der Waals surface area contributed by atoms with Crippen LogP contribution in [0.4, 0.5) is 0 Å². The number of rotatable bonds is 60. The molecule has 0 aromatic heterocycles. The maximum absolute atomic E-state index is 11.7. The predicted octanol–water partition coefficient (Wildman–Crippen LogP) is 17.3. The fraction of sp³-hybridized carbons (Fsp3) is 0.714. The van der Waals surface area contributed by atoms with Crippen LogP contribution in [0.15, 0.2) is 97.1 Å². The van der Waals surface area contributed by atoms with Gasteiger partial charge in [0.1, 0.15) is 45.4 Å². The quantitative estimate of drug-likeness (QED) is 0.0131. The van der Waals surface area contributed by atoms with Crippen LogP contribution in [0, 0.1) is 0 Å². The molecule has 4 aromatic rings. The van der Waals surface area contributed by atoms with Gasteiger partial charge in [-0.05, 0) is 176 Å². The Bertz CT molecular complexity index is 2240. The SMILES string of the molecule is CCCCOc1cccc(C(C)(O[O-])C(OCCCC)OCCCC)c1.CCCCOc1cccc(C(C)(O[O-])C(OCCCC)OCCCC)c1.CCCCOc1cccc(C(C)(O[O-])C(OCCCC)OCCCC)c1.CCCCOc1cccc(C(C)(O[O-])C(OCCCC)OCCCC)c1.[Ti+4]. The Kier molecular flexibility index (Phi) is 61.5. The maximum Gasteiger partial charge on any atom is 4.00 e. The summed E-state index contributed by atoms with van der Waals surface area (Å²) >= 11 is 0. The molecule has 0 aliphatic carbocycles. The van der Waals surface area contributed by atoms with Gasteiger partial charge >= 0.3 is 21.7 Å². The van der Waals surface area contributed by atoms with Crippen LogP contribution >= 0.6 is 0 Å². The van der Waals surface area contributed by atoms with Crippen LogP contribution in [0.1, 0.15) is 287 Å². The van der Waals surface area contributed by atoms with Crippen molar-refractivity contribution in [3.63, 3.8) is 0 Å². The molecule has 0 aliphatic heterocycles. The fourth-order valence-electron chi connectivity index (χ4n) is 9.95. The molecule has 600 valence electrons. The smallest absolute Gasteiger partial charge is 0.722 e. The predicted molar refractivity (Wildman–Crippen MR) is 403 cm³/mol. The zero-order chi connectivity index (χ0) is 77.0. The summed E-state index contributed by atoms with van der Waals surface area (Å²) in [6, 6.07) is 29.8. The molecule has 0 bridgehead atoms. The molecular formula is C84H140O20Ti. The van der Waals surface area contributed by atoms with E-state index in [2.05, 4.69) is 103 Å². The second-order valence-corrected chi connectivity index (χ2v) is 26.8. The number of ether oxygens (including phenoxy) is 12. The van der Waals surface area contributed by atoms with Gasteiger partial charge in [0.15, 0.2) is 25.2 Å². The molecule has 105 heavy (non-hydrogen) atoms. The average molecular weight is 1520 g/mol. The Labute approximate surface area is 649 Å². The van der Waals surface area contributed by atoms with Crippen molar-refractivity contribution in [2.45, 2.75) is 312 Å². The third-order valence-corrected chi connectivity index (χ3v) is 17.3. The first-order valence-electron chi connectivity index (χ1n) is 39.6. The number of benzene rings is 4. The van der Waals surface area contributed by atoms with Crippen molar-refractivity contribution in [2.24, 2.45) is 0 Å². The molecule has 0 amide bonds. The number of hydrogen-bond acceptors (Lipinski definition) is 20. The third-order valence-electron chi connectivity index (χ3n) is 17.3. The van der Waals surface area contributed by atoms with Gasteiger partial charge < -0.3 is 97.4 Å². The van der Waals surface area contributed by atoms with Gasteiger partial charge in [0.05, 0.1) is 26.4 Å². The summed E-state index contributed by atoms with van der Waals surface area (Å²) in [5.74, 6) is 2.89. The van der Waals surface area contributed by atoms with Crippen molar-refractivity contribution in [3.05, 3.63) is 119 Å². The van der Waals surface area contributed by atoms with Gasteiger partial charge in [-0.15, -0.1) is 0 Å². The molecule has 4 aromatic carbocycles. The molecule has 20 nitrogen and oxygen atoms in total. The minimum Gasteiger partial charge on any atom is -0.722 e. The Morgan fingerprint density at radius 2 is 0.381 bits per heavy atom. The molecular weight excluding hydrogens is 1380 g/mol. The summed E-state index contributed by atoms with van der Waals surface area (Å²) in [5.41, 5.74) is -2.20. The zero-order valence-electron chi connectivity index (χ0n) is 67.7. The van der Waals surface area contributed by atoms with Gasteiger partial charge in [-0.25, -0.2) is 0 Å². The zero-order valence-corrected chi connectivity index (χ0v) is 69.2. The first-order valence-corrected chi connectivity index (χ1v) is 39.6. The number of hydrogen-bond donors (Lipinski definition) is 0. The summed E-state index contributed by atoms with van der Waals surface area (Å²) in [6.07, 6.45) is 20.5. The summed E-state index contributed by atoms with van der Waals surface area (Å²) in [7, 11) is 0. The Balaban J connectivity index is 0.00000137. The molecule has 0 saturated heterocycles. The number of unbranched alkanes of at least 4 members (excludes halogenated alkanes) is 12. The van der Waals surface area contributed by atoms with Crippen molar-refractivity contribution < 1.29 is 119 Å². The second-order valence-electron chi connectivity index (χ2n) is 26.8. The van der Waals surface area contributed by atoms with Crippen molar-refractivity contribution in [2.75, 3.05) is 79.3 Å². The summed E-state index contributed by atoms with van der Waals surface area (Å²) in [4.78, 5) is 18.7. The molecule has 0 radical (unpaired) electrons. The van der Waals surface area contributed by atoms with Gasteiger partial charge in [0, 0.05) is 52.9 Å². The molecule has 21 heteroatoms. The molecule has 0 fully saturated rings. The summed E-state index contributed by atoms with van der Waals surface area (Å²) in [5, 5.41) is 46.9. The minimum atomic E-state index is -1.24. The molecule has 4 atom stereocenters. The maximum atomic E-state index is 11.7. The molecule has 0 N–H and O–H groups in total. The summed E-state index contributed by atoms with van der Waals surface area (Å²) < 4.78 is 70.2. The van der Waals surface area contributed by atoms with Crippen molar-refractivity contribution >= 4 is 0 Å². The van der Waals surface area contributed by atoms with E-state index < -0.39 is 47.6 Å². The molecule has 0 saturated carbocycles. The molecule has 4 rings (SSSR count). The van der Waals surface area contributed by atoms with Crippen LogP contribution in [-0.2, 0) is 102 Å². The molecule has 0 heterocycles. The normalized spacial score (nSPS) is 13.6. The van der Waals surface area contributed by atoms with E-state index in [1.54, 1.807) is 27.7 Å². The van der Waals surface area contributed by atoms with E-state index in [0.717, 1.165) is 177 Å². The van der Waals surface area contributed by atoms with E-state index in [1.165, 1.54) is 0 Å². The standard InChI is InChI=1S/4C21H36O5.Ti/c4*1-5-8-14-23-19-13-11-12-18(17-19)21(4,26-22)20(24-15-9-6-2)25-16-10-7-3;/h4*11-13,17,20,22H,5-10,14-16H2,1-4H3;/q;;;;+4/p-4. The second kappa shape index (κ2) is 63.9. The first kappa shape index (κ1) is 101. The third kappa shape index (κ3) is 39.6. The van der Waals surface area contributed by atoms with Crippen molar-refractivity contribution in [1.29, 1.82) is 0 Å². The molecule has 0 spiro atoms. The molecule has 0 aliphatic rings. The van der Waals surface area contributed by atoms with E-state index >= 15 is 0 Å². The van der Waals surface area contributed by atoms with Crippen LogP contribution < -0.4 is 40.0 Å². The van der Waals surface area contributed by atoms with E-state index in [9.17, 15) is 21.0 Å². The topological polar surface area (TPSA) is 240 Å². The van der Waals surface area contributed by atoms with Crippen LogP contribution in [0.2, 0.25) is 0 Å². The average Bonchev–Trinajstić information content (AvgIpc) is 0.826. The van der Waals surface area contributed by atoms with Crippen LogP contribution in [0.5, 0.6) is 23.0 Å². The van der Waals surface area contributed by atoms with E-state index in [0.29, 0.717) is 102 Å². The van der Waals surface area contributed by atoms with Crippen LogP contribution in [0.3, 0.4) is 0 Å². The Morgan fingerprint density at radius 1 is 0.238 bits per heavy atom. The van der Waals surface area contributed by atoms with Gasteiger partial charge in [0.2, 0.25) is 0 Å². The van der Waals surface area contributed by atoms with E-state index in [4.69, 9.17) is 56.8 Å². The Hall–Kier alpha value is -3.85. The molecule has 4 unspecified atom stereocenters. The van der Waals surface area contributed by atoms with Crippen molar-refractivity contribution in [1.82, 2.24) is 0 Å². The van der Waals surface area contributed by atoms with Gasteiger partial charge in [-0.1, -0.05) is 209 Å². The van der Waals surface area contributed by atoms with Crippen molar-refractivity contribution in [3.8, 4) is 23.0 Å². The minimum absolute atomic E-state index is 0.